The fraction of sp³-hybridized carbons (Fsp3) is 0.261. The molecule has 0 saturated heterocycles. The lowest BCUT2D eigenvalue weighted by Gasteiger charge is -2.25. The van der Waals surface area contributed by atoms with E-state index in [2.05, 4.69) is 9.97 Å². The predicted molar refractivity (Wildman–Crippen MR) is 130 cm³/mol. The summed E-state index contributed by atoms with van der Waals surface area (Å²) < 4.78 is 20.2. The Balaban J connectivity index is 1.92. The van der Waals surface area contributed by atoms with Crippen molar-refractivity contribution < 1.29 is 28.6 Å². The molecule has 0 saturated carbocycles. The highest BCUT2D eigenvalue weighted by atomic mass is 35.5. The molecule has 0 fully saturated rings. The first-order chi connectivity index (χ1) is 16.6. The minimum atomic E-state index is -1.42. The highest BCUT2D eigenvalue weighted by molar-refractivity contribution is 7.17. The van der Waals surface area contributed by atoms with Crippen LogP contribution in [0.5, 0.6) is 0 Å². The average Bonchev–Trinajstić information content (AvgIpc) is 3.41. The molecule has 3 aromatic rings. The molecule has 1 unspecified atom stereocenters. The van der Waals surface area contributed by atoms with Crippen LogP contribution in [0, 0.1) is 26.6 Å². The van der Waals surface area contributed by atoms with Crippen molar-refractivity contribution in [2.24, 2.45) is 0 Å². The predicted octanol–water partition coefficient (Wildman–Crippen LogP) is 5.28. The smallest absolute Gasteiger partial charge is 0.350 e. The molecule has 0 radical (unpaired) electrons. The van der Waals surface area contributed by atoms with Crippen molar-refractivity contribution in [3.8, 4) is 0 Å². The van der Waals surface area contributed by atoms with Gasteiger partial charge < -0.3 is 9.84 Å². The Morgan fingerprint density at radius 2 is 1.86 bits per heavy atom. The molecule has 1 aromatic carbocycles. The van der Waals surface area contributed by atoms with Crippen molar-refractivity contribution >= 4 is 57.1 Å². The van der Waals surface area contributed by atoms with Gasteiger partial charge in [0.2, 0.25) is 5.78 Å². The second-order valence-electron chi connectivity index (χ2n) is 7.58. The number of esters is 1. The van der Waals surface area contributed by atoms with E-state index in [-0.39, 0.29) is 43.3 Å². The molecule has 1 amide bonds. The molecular weight excluding hydrogens is 517 g/mol. The van der Waals surface area contributed by atoms with E-state index in [0.29, 0.717) is 10.7 Å². The van der Waals surface area contributed by atoms with Crippen molar-refractivity contribution in [2.75, 3.05) is 11.5 Å². The zero-order valence-electron chi connectivity index (χ0n) is 19.0. The number of amides is 1. The largest absolute Gasteiger partial charge is 0.503 e. The maximum Gasteiger partial charge on any atom is 0.350 e. The van der Waals surface area contributed by atoms with Crippen LogP contribution in [0.1, 0.15) is 54.3 Å². The van der Waals surface area contributed by atoms with Gasteiger partial charge in [-0.2, -0.15) is 0 Å². The number of aryl methyl sites for hydroxylation is 3. The third-order valence-electron chi connectivity index (χ3n) is 5.29. The zero-order chi connectivity index (χ0) is 25.6. The number of anilines is 1. The van der Waals surface area contributed by atoms with Crippen LogP contribution in [0.15, 0.2) is 29.5 Å². The van der Waals surface area contributed by atoms with Gasteiger partial charge in [0.15, 0.2) is 10.9 Å². The van der Waals surface area contributed by atoms with Crippen molar-refractivity contribution in [1.82, 2.24) is 9.97 Å². The summed E-state index contributed by atoms with van der Waals surface area (Å²) in [6.07, 6.45) is 0. The Kier molecular flexibility index (Phi) is 6.76. The van der Waals surface area contributed by atoms with Crippen molar-refractivity contribution in [3.63, 3.8) is 0 Å². The van der Waals surface area contributed by atoms with E-state index in [1.165, 1.54) is 12.1 Å². The van der Waals surface area contributed by atoms with E-state index in [9.17, 15) is 19.5 Å². The van der Waals surface area contributed by atoms with Crippen LogP contribution in [0.25, 0.3) is 0 Å². The van der Waals surface area contributed by atoms with Crippen molar-refractivity contribution in [2.45, 2.75) is 33.7 Å². The van der Waals surface area contributed by atoms with E-state index in [1.807, 2.05) is 0 Å². The first-order valence-corrected chi connectivity index (χ1v) is 12.4. The SMILES string of the molecule is CCOC(=O)c1sc(N2C(=O)C(O)=C(C(=O)c3sc(C)nc3C)C2c2c(F)cccc2Cl)nc1C. The van der Waals surface area contributed by atoms with E-state index < -0.39 is 35.3 Å². The maximum absolute atomic E-state index is 15.1. The number of ether oxygens (including phenoxy) is 1. The summed E-state index contributed by atoms with van der Waals surface area (Å²) in [5, 5.41) is 11.4. The number of aliphatic hydroxyl groups is 1. The first-order valence-electron chi connectivity index (χ1n) is 10.4. The fourth-order valence-corrected chi connectivity index (χ4v) is 5.94. The number of aliphatic hydroxyl groups excluding tert-OH is 1. The summed E-state index contributed by atoms with van der Waals surface area (Å²) in [5.41, 5.74) is 0.165. The lowest BCUT2D eigenvalue weighted by molar-refractivity contribution is -0.117. The normalized spacial score (nSPS) is 15.8. The number of nitrogens with zero attached hydrogens (tertiary/aromatic N) is 3. The summed E-state index contributed by atoms with van der Waals surface area (Å²) >= 11 is 8.27. The third kappa shape index (κ3) is 4.24. The number of Topliss-reactive ketones (excluding diaryl/α,β-unsaturated/α-hetero) is 1. The molecule has 4 rings (SSSR count). The quantitative estimate of drug-likeness (QED) is 0.338. The molecule has 3 heterocycles. The first kappa shape index (κ1) is 25.0. The van der Waals surface area contributed by atoms with Gasteiger partial charge in [-0.3, -0.25) is 14.5 Å². The second kappa shape index (κ2) is 9.48. The third-order valence-corrected chi connectivity index (χ3v) is 7.83. The van der Waals surface area contributed by atoms with E-state index in [0.717, 1.165) is 33.6 Å². The molecule has 1 atom stereocenters. The molecule has 35 heavy (non-hydrogen) atoms. The topological polar surface area (TPSA) is 110 Å². The fourth-order valence-electron chi connectivity index (χ4n) is 3.82. The number of rotatable bonds is 6. The zero-order valence-corrected chi connectivity index (χ0v) is 21.4. The highest BCUT2D eigenvalue weighted by Gasteiger charge is 2.48. The molecule has 0 spiro atoms. The Bertz CT molecular complexity index is 1390. The Morgan fingerprint density at radius 1 is 1.17 bits per heavy atom. The average molecular weight is 536 g/mol. The summed E-state index contributed by atoms with van der Waals surface area (Å²) in [4.78, 5) is 49.1. The maximum atomic E-state index is 15.1. The molecule has 182 valence electrons. The van der Waals surface area contributed by atoms with Gasteiger partial charge in [-0.05, 0) is 39.8 Å². The monoisotopic (exact) mass is 535 g/mol. The summed E-state index contributed by atoms with van der Waals surface area (Å²) in [7, 11) is 0. The van der Waals surface area contributed by atoms with E-state index in [1.54, 1.807) is 27.7 Å². The van der Waals surface area contributed by atoms with E-state index in [4.69, 9.17) is 16.3 Å². The molecule has 2 aromatic heterocycles. The van der Waals surface area contributed by atoms with Gasteiger partial charge in [0.25, 0.3) is 5.91 Å². The van der Waals surface area contributed by atoms with Crippen molar-refractivity contribution in [3.05, 3.63) is 72.1 Å². The number of aromatic nitrogens is 2. The highest BCUT2D eigenvalue weighted by Crippen LogP contribution is 2.46. The molecule has 12 heteroatoms. The van der Waals surface area contributed by atoms with Gasteiger partial charge in [-0.15, -0.1) is 11.3 Å². The molecular formula is C23H19ClFN3O5S2. The molecule has 8 nitrogen and oxygen atoms in total. The van der Waals surface area contributed by atoms with Crippen LogP contribution < -0.4 is 4.90 Å². The molecule has 1 aliphatic heterocycles. The number of halogens is 2. The van der Waals surface area contributed by atoms with Gasteiger partial charge in [0.1, 0.15) is 16.7 Å². The van der Waals surface area contributed by atoms with Crippen LogP contribution in [0.3, 0.4) is 0 Å². The van der Waals surface area contributed by atoms with Gasteiger partial charge in [-0.1, -0.05) is 29.0 Å². The second-order valence-corrected chi connectivity index (χ2v) is 10.2. The lowest BCUT2D eigenvalue weighted by Crippen LogP contribution is -2.31. The molecule has 0 bridgehead atoms. The Morgan fingerprint density at radius 3 is 2.46 bits per heavy atom. The standard InChI is InChI=1S/C23H19ClFN3O5S2/c1-5-33-22(32)20-10(3)27-23(35-20)28-16(14-12(24)7-6-8-13(14)25)15(18(30)21(28)31)17(29)19-9(2)26-11(4)34-19/h6-8,16,30H,5H2,1-4H3. The number of hydrogen-bond acceptors (Lipinski definition) is 9. The minimum Gasteiger partial charge on any atom is -0.503 e. The van der Waals surface area contributed by atoms with Gasteiger partial charge in [-0.25, -0.2) is 19.2 Å². The summed E-state index contributed by atoms with van der Waals surface area (Å²) in [6.45, 7) is 6.69. The summed E-state index contributed by atoms with van der Waals surface area (Å²) in [5.74, 6) is -3.91. The van der Waals surface area contributed by atoms with Crippen molar-refractivity contribution in [1.29, 1.82) is 0 Å². The Hall–Kier alpha value is -3.15. The molecule has 0 aliphatic carbocycles. The van der Waals surface area contributed by atoms with Crippen LogP contribution in [-0.4, -0.2) is 39.3 Å². The van der Waals surface area contributed by atoms with E-state index >= 15 is 4.39 Å². The molecule has 1 aliphatic rings. The number of benzene rings is 1. The Labute approximate surface area is 212 Å². The van der Waals surface area contributed by atoms with Crippen LogP contribution >= 0.6 is 34.3 Å². The molecule has 1 N–H and O–H groups in total. The number of ketones is 1. The van der Waals surface area contributed by atoms with Gasteiger partial charge in [0, 0.05) is 10.6 Å². The van der Waals surface area contributed by atoms with Gasteiger partial charge in [0.05, 0.1) is 33.5 Å². The number of carbonyl (C=O) groups is 3. The summed E-state index contributed by atoms with van der Waals surface area (Å²) in [6, 6.07) is 2.52. The minimum absolute atomic E-state index is 0.0218. The number of hydrogen-bond donors (Lipinski definition) is 1. The van der Waals surface area contributed by atoms with Gasteiger partial charge >= 0.3 is 5.97 Å². The number of carbonyl (C=O) groups excluding carboxylic acids is 3. The van der Waals surface area contributed by atoms with Crippen LogP contribution in [0.4, 0.5) is 9.52 Å². The lowest BCUT2D eigenvalue weighted by atomic mass is 9.94. The van der Waals surface area contributed by atoms with Crippen LogP contribution in [0.2, 0.25) is 5.02 Å². The number of thiazole rings is 2. The van der Waals surface area contributed by atoms with Crippen LogP contribution in [-0.2, 0) is 9.53 Å².